The molecule has 1 aliphatic heterocycles. The highest BCUT2D eigenvalue weighted by Crippen LogP contribution is 2.37. The van der Waals surface area contributed by atoms with Gasteiger partial charge < -0.3 is 5.32 Å². The molecule has 0 aliphatic carbocycles. The van der Waals surface area contributed by atoms with Gasteiger partial charge >= 0.3 is 12.2 Å². The molecule has 1 aliphatic rings. The topological polar surface area (TPSA) is 73.2 Å². The van der Waals surface area contributed by atoms with E-state index < -0.39 is 23.8 Å². The predicted octanol–water partition coefficient (Wildman–Crippen LogP) is 6.00. The number of carbonyl (C=O) groups is 2. The fraction of sp³-hybridized carbons (Fsp3) is 0.115. The Balaban J connectivity index is 1.88. The summed E-state index contributed by atoms with van der Waals surface area (Å²) in [5.74, 6) is -0.371. The zero-order valence-corrected chi connectivity index (χ0v) is 17.9. The second kappa shape index (κ2) is 8.87. The minimum Gasteiger partial charge on any atom is -0.326 e. The number of nitrogens with zero attached hydrogens (tertiary/aromatic N) is 2. The molecule has 3 aromatic rings. The molecule has 0 bridgehead atoms. The number of rotatable bonds is 4. The lowest BCUT2D eigenvalue weighted by Gasteiger charge is -2.36. The van der Waals surface area contributed by atoms with Gasteiger partial charge in [-0.15, -0.1) is 0 Å². The molecular formula is C26H18F3N3O2. The van der Waals surface area contributed by atoms with Gasteiger partial charge in [0, 0.05) is 16.8 Å². The van der Waals surface area contributed by atoms with Gasteiger partial charge in [-0.3, -0.25) is 9.69 Å². The van der Waals surface area contributed by atoms with Crippen LogP contribution in [0.4, 0.5) is 23.7 Å². The molecule has 1 N–H and O–H groups in total. The molecule has 0 aromatic heterocycles. The van der Waals surface area contributed by atoms with Crippen LogP contribution in [0.5, 0.6) is 0 Å². The average Bonchev–Trinajstić information content (AvgIpc) is 2.83. The molecule has 3 aromatic carbocycles. The number of benzene rings is 3. The van der Waals surface area contributed by atoms with Crippen molar-refractivity contribution in [2.75, 3.05) is 4.90 Å². The summed E-state index contributed by atoms with van der Waals surface area (Å²) in [7, 11) is 0. The van der Waals surface area contributed by atoms with Crippen LogP contribution >= 0.6 is 0 Å². The van der Waals surface area contributed by atoms with Crippen LogP contribution in [0, 0.1) is 11.3 Å². The zero-order valence-electron chi connectivity index (χ0n) is 17.9. The second-order valence-corrected chi connectivity index (χ2v) is 7.69. The summed E-state index contributed by atoms with van der Waals surface area (Å²) in [6, 6.07) is 19.7. The zero-order chi connectivity index (χ0) is 24.5. The smallest absolute Gasteiger partial charge is 0.326 e. The molecule has 2 amide bonds. The third kappa shape index (κ3) is 4.28. The molecule has 1 atom stereocenters. The van der Waals surface area contributed by atoms with Gasteiger partial charge in [0.2, 0.25) is 0 Å². The van der Waals surface area contributed by atoms with E-state index in [1.54, 1.807) is 54.6 Å². The average molecular weight is 461 g/mol. The number of urea groups is 1. The molecule has 34 heavy (non-hydrogen) atoms. The number of alkyl halides is 3. The van der Waals surface area contributed by atoms with Crippen molar-refractivity contribution >= 4 is 17.5 Å². The maximum absolute atomic E-state index is 13.6. The van der Waals surface area contributed by atoms with Crippen molar-refractivity contribution in [2.24, 2.45) is 0 Å². The fourth-order valence-corrected chi connectivity index (χ4v) is 3.91. The maximum Gasteiger partial charge on any atom is 0.416 e. The van der Waals surface area contributed by atoms with Crippen LogP contribution in [0.2, 0.25) is 0 Å². The van der Waals surface area contributed by atoms with Crippen LogP contribution in [0.25, 0.3) is 0 Å². The molecule has 0 saturated heterocycles. The van der Waals surface area contributed by atoms with Crippen LogP contribution in [0.1, 0.15) is 40.0 Å². The van der Waals surface area contributed by atoms with Crippen LogP contribution in [0.3, 0.4) is 0 Å². The largest absolute Gasteiger partial charge is 0.416 e. The number of amides is 2. The summed E-state index contributed by atoms with van der Waals surface area (Å²) in [4.78, 5) is 27.7. The third-order valence-corrected chi connectivity index (χ3v) is 5.57. The lowest BCUT2D eigenvalue weighted by molar-refractivity contribution is -0.137. The number of hydrogen-bond donors (Lipinski definition) is 1. The highest BCUT2D eigenvalue weighted by Gasteiger charge is 2.38. The lowest BCUT2D eigenvalue weighted by Crippen LogP contribution is -2.48. The monoisotopic (exact) mass is 461 g/mol. The van der Waals surface area contributed by atoms with E-state index in [9.17, 15) is 22.8 Å². The summed E-state index contributed by atoms with van der Waals surface area (Å²) in [5, 5.41) is 11.8. The Morgan fingerprint density at radius 2 is 1.68 bits per heavy atom. The van der Waals surface area contributed by atoms with Crippen LogP contribution < -0.4 is 10.2 Å². The first-order valence-electron chi connectivity index (χ1n) is 10.3. The van der Waals surface area contributed by atoms with Crippen LogP contribution in [-0.2, 0) is 6.18 Å². The Morgan fingerprint density at radius 1 is 1.00 bits per heavy atom. The van der Waals surface area contributed by atoms with Gasteiger partial charge in [0.05, 0.1) is 28.9 Å². The molecule has 0 radical (unpaired) electrons. The Labute approximate surface area is 193 Å². The van der Waals surface area contributed by atoms with Gasteiger partial charge in [0.1, 0.15) is 0 Å². The van der Waals surface area contributed by atoms with E-state index in [1.807, 2.05) is 6.07 Å². The third-order valence-electron chi connectivity index (χ3n) is 5.57. The van der Waals surface area contributed by atoms with Crippen LogP contribution in [-0.4, -0.2) is 11.8 Å². The molecule has 8 heteroatoms. The highest BCUT2D eigenvalue weighted by molar-refractivity contribution is 6.13. The van der Waals surface area contributed by atoms with Crippen molar-refractivity contribution in [1.82, 2.24) is 5.32 Å². The molecule has 4 rings (SSSR count). The van der Waals surface area contributed by atoms with E-state index in [4.69, 9.17) is 5.26 Å². The van der Waals surface area contributed by atoms with Gasteiger partial charge in [-0.2, -0.15) is 18.4 Å². The molecule has 0 spiro atoms. The molecule has 0 saturated carbocycles. The minimum absolute atomic E-state index is 0.0125. The van der Waals surface area contributed by atoms with E-state index in [1.165, 1.54) is 19.1 Å². The summed E-state index contributed by atoms with van der Waals surface area (Å²) in [6.45, 7) is 1.53. The number of Topliss-reactive ketones (excluding diaryl/α,β-unsaturated/α-hetero) is 1. The molecule has 1 unspecified atom stereocenters. The Morgan fingerprint density at radius 3 is 2.29 bits per heavy atom. The van der Waals surface area contributed by atoms with Crippen molar-refractivity contribution < 1.29 is 22.8 Å². The molecule has 170 valence electrons. The first-order chi connectivity index (χ1) is 16.2. The number of halogens is 3. The molecule has 1 heterocycles. The van der Waals surface area contributed by atoms with E-state index >= 15 is 0 Å². The van der Waals surface area contributed by atoms with E-state index in [-0.39, 0.29) is 22.7 Å². The maximum atomic E-state index is 13.6. The first-order valence-corrected chi connectivity index (χ1v) is 10.3. The van der Waals surface area contributed by atoms with Crippen molar-refractivity contribution in [3.63, 3.8) is 0 Å². The van der Waals surface area contributed by atoms with Gasteiger partial charge in [0.15, 0.2) is 5.78 Å². The Bertz CT molecular complexity index is 1320. The quantitative estimate of drug-likeness (QED) is 0.484. The van der Waals surface area contributed by atoms with Crippen molar-refractivity contribution in [2.45, 2.75) is 19.1 Å². The van der Waals surface area contributed by atoms with Crippen LogP contribution in [0.15, 0.2) is 90.1 Å². The number of allylic oxidation sites excluding steroid dienone is 1. The molecular weight excluding hydrogens is 443 g/mol. The molecule has 0 fully saturated rings. The number of nitriles is 1. The van der Waals surface area contributed by atoms with Gasteiger partial charge in [0.25, 0.3) is 0 Å². The van der Waals surface area contributed by atoms with Gasteiger partial charge in [-0.05, 0) is 42.8 Å². The first kappa shape index (κ1) is 22.8. The lowest BCUT2D eigenvalue weighted by atomic mass is 9.88. The van der Waals surface area contributed by atoms with Gasteiger partial charge in [-0.1, -0.05) is 48.5 Å². The highest BCUT2D eigenvalue weighted by atomic mass is 19.4. The predicted molar refractivity (Wildman–Crippen MR) is 120 cm³/mol. The molecule has 5 nitrogen and oxygen atoms in total. The fourth-order valence-electron chi connectivity index (χ4n) is 3.91. The summed E-state index contributed by atoms with van der Waals surface area (Å²) < 4.78 is 39.9. The number of carbonyl (C=O) groups excluding carboxylic acids is 2. The summed E-state index contributed by atoms with van der Waals surface area (Å²) in [6.07, 6.45) is -4.59. The van der Waals surface area contributed by atoms with E-state index in [2.05, 4.69) is 5.32 Å². The SMILES string of the molecule is CC1=C(C(=O)c2ccccc2)C(c2ccc(C#N)cc2)NC(=O)N1c1cccc(C(F)(F)F)c1. The normalized spacial score (nSPS) is 16.1. The number of nitrogens with one attached hydrogen (secondary N) is 1. The van der Waals surface area contributed by atoms with Gasteiger partial charge in [-0.25, -0.2) is 4.79 Å². The number of anilines is 1. The Kier molecular flexibility index (Phi) is 5.95. The standard InChI is InChI=1S/C26H18F3N3O2/c1-16-22(24(33)19-6-3-2-4-7-19)23(18-12-10-17(15-30)11-13-18)31-25(34)32(16)21-9-5-8-20(14-21)26(27,28)29/h2-14,23H,1H3,(H,31,34). The van der Waals surface area contributed by atoms with Crippen molar-refractivity contribution in [3.8, 4) is 6.07 Å². The number of ketones is 1. The summed E-state index contributed by atoms with van der Waals surface area (Å²) >= 11 is 0. The Hall–Kier alpha value is -4.38. The number of hydrogen-bond acceptors (Lipinski definition) is 3. The second-order valence-electron chi connectivity index (χ2n) is 7.69. The minimum atomic E-state index is -4.59. The van der Waals surface area contributed by atoms with E-state index in [0.717, 1.165) is 17.0 Å². The van der Waals surface area contributed by atoms with E-state index in [0.29, 0.717) is 16.7 Å². The summed E-state index contributed by atoms with van der Waals surface area (Å²) in [5.41, 5.74) is 0.856. The van der Waals surface area contributed by atoms with Crippen molar-refractivity contribution in [3.05, 3.63) is 112 Å². The van der Waals surface area contributed by atoms with Crippen molar-refractivity contribution in [1.29, 1.82) is 5.26 Å².